The number of benzene rings is 2. The van der Waals surface area contributed by atoms with Gasteiger partial charge in [-0.05, 0) is 68.9 Å². The Labute approximate surface area is 189 Å². The molecule has 0 unspecified atom stereocenters. The van der Waals surface area contributed by atoms with Gasteiger partial charge in [0.15, 0.2) is 9.84 Å². The Bertz CT molecular complexity index is 1120. The van der Waals surface area contributed by atoms with E-state index in [0.29, 0.717) is 19.4 Å². The lowest BCUT2D eigenvalue weighted by molar-refractivity contribution is -0.121. The molecule has 1 heterocycles. The van der Waals surface area contributed by atoms with Crippen molar-refractivity contribution in [3.63, 3.8) is 0 Å². The molecule has 0 saturated heterocycles. The number of aryl methyl sites for hydroxylation is 1. The number of nitrogens with one attached hydrogen (secondary N) is 1. The van der Waals surface area contributed by atoms with Gasteiger partial charge in [-0.2, -0.15) is 0 Å². The standard InChI is InChI=1S/C25H30N2O4S/c1-17-3-5-19(6-4-17)11-13-26-24(28)12-14-32(30,31)22-9-10-23-21(16-22)15-18(2)27(23)25(29)20-7-8-20/h3-6,9-10,16,18,20H,7-8,11-15H2,1-2H3,(H,26,28)/t18-/m0/s1. The normalized spacial score (nSPS) is 17.8. The second-order valence-electron chi connectivity index (χ2n) is 8.98. The first-order valence-electron chi connectivity index (χ1n) is 11.3. The minimum absolute atomic E-state index is 0.0374. The van der Waals surface area contributed by atoms with Gasteiger partial charge < -0.3 is 10.2 Å². The molecule has 4 rings (SSSR count). The van der Waals surface area contributed by atoms with Crippen molar-refractivity contribution in [3.8, 4) is 0 Å². The summed E-state index contributed by atoms with van der Waals surface area (Å²) in [7, 11) is -3.58. The summed E-state index contributed by atoms with van der Waals surface area (Å²) in [5.41, 5.74) is 4.02. The lowest BCUT2D eigenvalue weighted by Gasteiger charge is -2.22. The fourth-order valence-electron chi connectivity index (χ4n) is 4.20. The lowest BCUT2D eigenvalue weighted by atomic mass is 10.1. The highest BCUT2D eigenvalue weighted by Gasteiger charge is 2.39. The molecule has 7 heteroatoms. The van der Waals surface area contributed by atoms with E-state index in [4.69, 9.17) is 0 Å². The van der Waals surface area contributed by atoms with Crippen molar-refractivity contribution >= 4 is 27.3 Å². The summed E-state index contributed by atoms with van der Waals surface area (Å²) in [6.07, 6.45) is 3.17. The van der Waals surface area contributed by atoms with Gasteiger partial charge in [-0.25, -0.2) is 8.42 Å². The Morgan fingerprint density at radius 3 is 2.50 bits per heavy atom. The molecule has 0 aromatic heterocycles. The fourth-order valence-corrected chi connectivity index (χ4v) is 5.49. The van der Waals surface area contributed by atoms with E-state index in [1.807, 2.05) is 43.0 Å². The van der Waals surface area contributed by atoms with Crippen molar-refractivity contribution in [2.24, 2.45) is 5.92 Å². The predicted octanol–water partition coefficient (Wildman–Crippen LogP) is 3.21. The third-order valence-corrected chi connectivity index (χ3v) is 7.96. The third-order valence-electron chi connectivity index (χ3n) is 6.24. The molecule has 170 valence electrons. The molecule has 2 amide bonds. The second kappa shape index (κ2) is 9.06. The summed E-state index contributed by atoms with van der Waals surface area (Å²) in [4.78, 5) is 26.8. The van der Waals surface area contributed by atoms with Crippen molar-refractivity contribution in [3.05, 3.63) is 59.2 Å². The molecule has 1 fully saturated rings. The number of hydrogen-bond acceptors (Lipinski definition) is 4. The monoisotopic (exact) mass is 454 g/mol. The Morgan fingerprint density at radius 1 is 1.09 bits per heavy atom. The number of fused-ring (bicyclic) bond motifs is 1. The average Bonchev–Trinajstić information content (AvgIpc) is 3.55. The molecule has 1 N–H and O–H groups in total. The quantitative estimate of drug-likeness (QED) is 0.664. The molecule has 2 aliphatic rings. The molecule has 2 aromatic carbocycles. The van der Waals surface area contributed by atoms with Crippen LogP contribution in [0.25, 0.3) is 0 Å². The summed E-state index contributed by atoms with van der Waals surface area (Å²) in [6, 6.07) is 13.1. The van der Waals surface area contributed by atoms with Crippen molar-refractivity contribution in [2.75, 3.05) is 17.2 Å². The maximum atomic E-state index is 12.8. The smallest absolute Gasteiger partial charge is 0.230 e. The Hall–Kier alpha value is -2.67. The maximum absolute atomic E-state index is 12.8. The van der Waals surface area contributed by atoms with Gasteiger partial charge in [0.2, 0.25) is 11.8 Å². The first-order valence-corrected chi connectivity index (χ1v) is 12.9. The van der Waals surface area contributed by atoms with E-state index in [1.54, 1.807) is 18.2 Å². The molecule has 1 atom stereocenters. The van der Waals surface area contributed by atoms with Gasteiger partial charge in [-0.1, -0.05) is 29.8 Å². The van der Waals surface area contributed by atoms with Crippen LogP contribution in [0.15, 0.2) is 47.4 Å². The molecule has 6 nitrogen and oxygen atoms in total. The number of sulfone groups is 1. The van der Waals surface area contributed by atoms with Gasteiger partial charge in [0, 0.05) is 30.6 Å². The van der Waals surface area contributed by atoms with E-state index >= 15 is 0 Å². The second-order valence-corrected chi connectivity index (χ2v) is 11.1. The SMILES string of the molecule is Cc1ccc(CCNC(=O)CCS(=O)(=O)c2ccc3c(c2)C[C@H](C)N3C(=O)C2CC2)cc1. The summed E-state index contributed by atoms with van der Waals surface area (Å²) in [5.74, 6) is -0.232. The topological polar surface area (TPSA) is 83.6 Å². The number of rotatable bonds is 8. The van der Waals surface area contributed by atoms with Crippen LogP contribution in [0, 0.1) is 12.8 Å². The predicted molar refractivity (Wildman–Crippen MR) is 124 cm³/mol. The lowest BCUT2D eigenvalue weighted by Crippen LogP contribution is -2.36. The fraction of sp³-hybridized carbons (Fsp3) is 0.440. The van der Waals surface area contributed by atoms with Crippen LogP contribution >= 0.6 is 0 Å². The molecule has 0 bridgehead atoms. The Kier molecular flexibility index (Phi) is 6.38. The highest BCUT2D eigenvalue weighted by atomic mass is 32.2. The number of anilines is 1. The van der Waals surface area contributed by atoms with E-state index in [1.165, 1.54) is 5.56 Å². The summed E-state index contributed by atoms with van der Waals surface area (Å²) in [6.45, 7) is 4.50. The summed E-state index contributed by atoms with van der Waals surface area (Å²) >= 11 is 0. The van der Waals surface area contributed by atoms with Gasteiger partial charge >= 0.3 is 0 Å². The van der Waals surface area contributed by atoms with Crippen molar-refractivity contribution < 1.29 is 18.0 Å². The Balaban J connectivity index is 1.32. The van der Waals surface area contributed by atoms with Gasteiger partial charge in [-0.15, -0.1) is 0 Å². The van der Waals surface area contributed by atoms with E-state index in [0.717, 1.165) is 29.7 Å². The molecule has 0 radical (unpaired) electrons. The number of amides is 2. The molecule has 2 aromatic rings. The zero-order valence-corrected chi connectivity index (χ0v) is 19.5. The minimum Gasteiger partial charge on any atom is -0.356 e. The summed E-state index contributed by atoms with van der Waals surface area (Å²) < 4.78 is 25.6. The van der Waals surface area contributed by atoms with E-state index in [9.17, 15) is 18.0 Å². The number of carbonyl (C=O) groups is 2. The zero-order valence-electron chi connectivity index (χ0n) is 18.6. The van der Waals surface area contributed by atoms with Gasteiger partial charge in [0.1, 0.15) is 0 Å². The first kappa shape index (κ1) is 22.5. The highest BCUT2D eigenvalue weighted by molar-refractivity contribution is 7.91. The first-order chi connectivity index (χ1) is 15.2. The summed E-state index contributed by atoms with van der Waals surface area (Å²) in [5, 5.41) is 2.80. The van der Waals surface area contributed by atoms with Crippen LogP contribution in [0.3, 0.4) is 0 Å². The molecule has 1 aliphatic heterocycles. The van der Waals surface area contributed by atoms with Gasteiger partial charge in [0.05, 0.1) is 10.6 Å². The highest BCUT2D eigenvalue weighted by Crippen LogP contribution is 2.39. The van der Waals surface area contributed by atoms with E-state index in [-0.39, 0.29) is 40.8 Å². The molecular weight excluding hydrogens is 424 g/mol. The number of carbonyl (C=O) groups excluding carboxylic acids is 2. The van der Waals surface area contributed by atoms with Crippen LogP contribution in [-0.4, -0.2) is 38.6 Å². The van der Waals surface area contributed by atoms with Crippen molar-refractivity contribution in [1.82, 2.24) is 5.32 Å². The number of nitrogens with zero attached hydrogens (tertiary/aromatic N) is 1. The third kappa shape index (κ3) is 5.04. The van der Waals surface area contributed by atoms with Gasteiger partial charge in [-0.3, -0.25) is 9.59 Å². The Morgan fingerprint density at radius 2 is 1.81 bits per heavy atom. The molecule has 32 heavy (non-hydrogen) atoms. The van der Waals surface area contributed by atoms with Crippen LogP contribution in [0.2, 0.25) is 0 Å². The van der Waals surface area contributed by atoms with Crippen LogP contribution in [-0.2, 0) is 32.3 Å². The largest absolute Gasteiger partial charge is 0.356 e. The van der Waals surface area contributed by atoms with Crippen LogP contribution in [0.5, 0.6) is 0 Å². The zero-order chi connectivity index (χ0) is 22.9. The van der Waals surface area contributed by atoms with E-state index < -0.39 is 9.84 Å². The van der Waals surface area contributed by atoms with Crippen LogP contribution in [0.4, 0.5) is 5.69 Å². The molecule has 1 aliphatic carbocycles. The molecular formula is C25H30N2O4S. The van der Waals surface area contributed by atoms with Crippen molar-refractivity contribution in [2.45, 2.75) is 56.9 Å². The number of hydrogen-bond donors (Lipinski definition) is 1. The molecule has 0 spiro atoms. The maximum Gasteiger partial charge on any atom is 0.230 e. The van der Waals surface area contributed by atoms with Gasteiger partial charge in [0.25, 0.3) is 0 Å². The van der Waals surface area contributed by atoms with Crippen LogP contribution < -0.4 is 10.2 Å². The molecule has 1 saturated carbocycles. The van der Waals surface area contributed by atoms with Crippen LogP contribution in [0.1, 0.15) is 42.9 Å². The van der Waals surface area contributed by atoms with E-state index in [2.05, 4.69) is 5.32 Å². The minimum atomic E-state index is -3.58. The van der Waals surface area contributed by atoms with Crippen molar-refractivity contribution in [1.29, 1.82) is 0 Å². The average molecular weight is 455 g/mol.